The Balaban J connectivity index is 1.83. The SMILES string of the molecule is O=C(NCc1ccoc1)Nc1ccc(F)cc1. The number of hydrogen-bond donors (Lipinski definition) is 2. The molecule has 0 radical (unpaired) electrons. The zero-order chi connectivity index (χ0) is 12.1. The van der Waals surface area contributed by atoms with Crippen LogP contribution in [-0.4, -0.2) is 6.03 Å². The second-order valence-corrected chi connectivity index (χ2v) is 3.45. The lowest BCUT2D eigenvalue weighted by atomic mass is 10.3. The number of halogens is 1. The number of anilines is 1. The zero-order valence-electron chi connectivity index (χ0n) is 8.94. The number of carbonyl (C=O) groups excluding carboxylic acids is 1. The summed E-state index contributed by atoms with van der Waals surface area (Å²) in [6, 6.07) is 6.97. The number of carbonyl (C=O) groups is 1. The molecule has 4 nitrogen and oxygen atoms in total. The number of furan rings is 1. The van der Waals surface area contributed by atoms with Crippen molar-refractivity contribution in [3.63, 3.8) is 0 Å². The van der Waals surface area contributed by atoms with Gasteiger partial charge in [-0.1, -0.05) is 0 Å². The lowest BCUT2D eigenvalue weighted by molar-refractivity contribution is 0.251. The predicted molar refractivity (Wildman–Crippen MR) is 61.0 cm³/mol. The molecule has 88 valence electrons. The molecule has 0 aliphatic heterocycles. The summed E-state index contributed by atoms with van der Waals surface area (Å²) in [4.78, 5) is 11.4. The van der Waals surface area contributed by atoms with Gasteiger partial charge in [-0.15, -0.1) is 0 Å². The van der Waals surface area contributed by atoms with E-state index in [4.69, 9.17) is 4.42 Å². The number of rotatable bonds is 3. The largest absolute Gasteiger partial charge is 0.472 e. The zero-order valence-corrected chi connectivity index (χ0v) is 8.94. The molecule has 0 unspecified atom stereocenters. The quantitative estimate of drug-likeness (QED) is 0.857. The molecule has 2 aromatic rings. The fourth-order valence-corrected chi connectivity index (χ4v) is 1.28. The van der Waals surface area contributed by atoms with Gasteiger partial charge in [0.15, 0.2) is 0 Å². The van der Waals surface area contributed by atoms with E-state index in [0.29, 0.717) is 12.2 Å². The van der Waals surface area contributed by atoms with Crippen molar-refractivity contribution in [2.45, 2.75) is 6.54 Å². The molecule has 0 fully saturated rings. The summed E-state index contributed by atoms with van der Waals surface area (Å²) in [5, 5.41) is 5.23. The summed E-state index contributed by atoms with van der Waals surface area (Å²) in [7, 11) is 0. The van der Waals surface area contributed by atoms with Gasteiger partial charge in [0.2, 0.25) is 0 Å². The summed E-state index contributed by atoms with van der Waals surface area (Å²) in [5.41, 5.74) is 1.41. The Bertz CT molecular complexity index is 480. The minimum absolute atomic E-state index is 0.339. The number of hydrogen-bond acceptors (Lipinski definition) is 2. The van der Waals surface area contributed by atoms with E-state index in [2.05, 4.69) is 10.6 Å². The fourth-order valence-electron chi connectivity index (χ4n) is 1.28. The van der Waals surface area contributed by atoms with E-state index in [0.717, 1.165) is 5.56 Å². The summed E-state index contributed by atoms with van der Waals surface area (Å²) in [6.45, 7) is 0.379. The van der Waals surface area contributed by atoms with Crippen molar-refractivity contribution in [1.29, 1.82) is 0 Å². The highest BCUT2D eigenvalue weighted by molar-refractivity contribution is 5.89. The number of amides is 2. The van der Waals surface area contributed by atoms with Crippen LogP contribution in [-0.2, 0) is 6.54 Å². The van der Waals surface area contributed by atoms with E-state index >= 15 is 0 Å². The number of urea groups is 1. The first kappa shape index (κ1) is 11.2. The summed E-state index contributed by atoms with van der Waals surface area (Å²) in [5.74, 6) is -0.339. The highest BCUT2D eigenvalue weighted by Gasteiger charge is 2.02. The van der Waals surface area contributed by atoms with Crippen molar-refractivity contribution < 1.29 is 13.6 Å². The van der Waals surface area contributed by atoms with E-state index in [1.807, 2.05) is 0 Å². The first-order valence-corrected chi connectivity index (χ1v) is 5.05. The van der Waals surface area contributed by atoms with Gasteiger partial charge in [-0.25, -0.2) is 9.18 Å². The molecule has 1 heterocycles. The smallest absolute Gasteiger partial charge is 0.319 e. The maximum atomic E-state index is 12.6. The molecule has 0 saturated heterocycles. The molecule has 1 aromatic heterocycles. The van der Waals surface area contributed by atoms with Gasteiger partial charge in [0.05, 0.1) is 12.5 Å². The van der Waals surface area contributed by atoms with Crippen molar-refractivity contribution in [1.82, 2.24) is 5.32 Å². The average molecular weight is 234 g/mol. The monoisotopic (exact) mass is 234 g/mol. The van der Waals surface area contributed by atoms with Crippen LogP contribution in [0.2, 0.25) is 0 Å². The van der Waals surface area contributed by atoms with Crippen LogP contribution in [0.1, 0.15) is 5.56 Å². The van der Waals surface area contributed by atoms with Gasteiger partial charge in [0.1, 0.15) is 5.82 Å². The van der Waals surface area contributed by atoms with E-state index < -0.39 is 0 Å². The van der Waals surface area contributed by atoms with Crippen LogP contribution >= 0.6 is 0 Å². The third-order valence-electron chi connectivity index (χ3n) is 2.14. The topological polar surface area (TPSA) is 54.3 Å². The Labute approximate surface area is 97.4 Å². The van der Waals surface area contributed by atoms with Crippen LogP contribution in [0.3, 0.4) is 0 Å². The molecule has 0 spiro atoms. The molecule has 5 heteroatoms. The molecule has 17 heavy (non-hydrogen) atoms. The normalized spacial score (nSPS) is 9.94. The van der Waals surface area contributed by atoms with Crippen molar-refractivity contribution >= 4 is 11.7 Å². The van der Waals surface area contributed by atoms with Crippen molar-refractivity contribution in [3.8, 4) is 0 Å². The molecule has 0 aliphatic carbocycles. The van der Waals surface area contributed by atoms with E-state index in [1.165, 1.54) is 30.5 Å². The molecule has 0 saturated carbocycles. The standard InChI is InChI=1S/C12H11FN2O2/c13-10-1-3-11(4-2-10)15-12(16)14-7-9-5-6-17-8-9/h1-6,8H,7H2,(H2,14,15,16). The second kappa shape index (κ2) is 5.16. The van der Waals surface area contributed by atoms with Crippen LogP contribution in [0.15, 0.2) is 47.3 Å². The highest BCUT2D eigenvalue weighted by atomic mass is 19.1. The fraction of sp³-hybridized carbons (Fsp3) is 0.0833. The Kier molecular flexibility index (Phi) is 3.40. The minimum Gasteiger partial charge on any atom is -0.472 e. The molecule has 0 bridgehead atoms. The van der Waals surface area contributed by atoms with E-state index in [-0.39, 0.29) is 11.8 Å². The minimum atomic E-state index is -0.349. The molecular weight excluding hydrogens is 223 g/mol. The third-order valence-corrected chi connectivity index (χ3v) is 2.14. The molecule has 2 rings (SSSR count). The molecule has 2 N–H and O–H groups in total. The van der Waals surface area contributed by atoms with Crippen LogP contribution in [0.5, 0.6) is 0 Å². The Morgan fingerprint density at radius 1 is 1.24 bits per heavy atom. The van der Waals surface area contributed by atoms with Crippen LogP contribution in [0.4, 0.5) is 14.9 Å². The average Bonchev–Trinajstić information content (AvgIpc) is 2.83. The molecule has 0 aliphatic rings. The maximum Gasteiger partial charge on any atom is 0.319 e. The lowest BCUT2D eigenvalue weighted by Crippen LogP contribution is -2.27. The summed E-state index contributed by atoms with van der Waals surface area (Å²) >= 11 is 0. The molecule has 2 amide bonds. The van der Waals surface area contributed by atoms with Gasteiger partial charge in [-0.2, -0.15) is 0 Å². The lowest BCUT2D eigenvalue weighted by Gasteiger charge is -2.06. The van der Waals surface area contributed by atoms with Crippen molar-refractivity contribution in [3.05, 3.63) is 54.2 Å². The first-order valence-electron chi connectivity index (χ1n) is 5.05. The van der Waals surface area contributed by atoms with Crippen LogP contribution in [0.25, 0.3) is 0 Å². The molecular formula is C12H11FN2O2. The van der Waals surface area contributed by atoms with Crippen molar-refractivity contribution in [2.24, 2.45) is 0 Å². The van der Waals surface area contributed by atoms with E-state index in [1.54, 1.807) is 12.3 Å². The van der Waals surface area contributed by atoms with Gasteiger partial charge in [0.25, 0.3) is 0 Å². The Hall–Kier alpha value is -2.30. The van der Waals surface area contributed by atoms with Gasteiger partial charge in [0, 0.05) is 17.8 Å². The van der Waals surface area contributed by atoms with Crippen LogP contribution < -0.4 is 10.6 Å². The Morgan fingerprint density at radius 3 is 2.65 bits per heavy atom. The summed E-state index contributed by atoms with van der Waals surface area (Å²) < 4.78 is 17.5. The first-order chi connectivity index (χ1) is 8.24. The second-order valence-electron chi connectivity index (χ2n) is 3.45. The molecule has 0 atom stereocenters. The van der Waals surface area contributed by atoms with Gasteiger partial charge in [-0.3, -0.25) is 0 Å². The van der Waals surface area contributed by atoms with Gasteiger partial charge in [-0.05, 0) is 30.3 Å². The van der Waals surface area contributed by atoms with Gasteiger partial charge >= 0.3 is 6.03 Å². The Morgan fingerprint density at radius 2 is 2.00 bits per heavy atom. The third kappa shape index (κ3) is 3.34. The van der Waals surface area contributed by atoms with Gasteiger partial charge < -0.3 is 15.1 Å². The summed E-state index contributed by atoms with van der Waals surface area (Å²) in [6.07, 6.45) is 3.09. The van der Waals surface area contributed by atoms with Crippen LogP contribution in [0, 0.1) is 5.82 Å². The maximum absolute atomic E-state index is 12.6. The predicted octanol–water partition coefficient (Wildman–Crippen LogP) is 2.74. The molecule has 1 aromatic carbocycles. The van der Waals surface area contributed by atoms with E-state index in [9.17, 15) is 9.18 Å². The van der Waals surface area contributed by atoms with Crippen molar-refractivity contribution in [2.75, 3.05) is 5.32 Å². The highest BCUT2D eigenvalue weighted by Crippen LogP contribution is 2.07. The number of benzene rings is 1. The number of nitrogens with one attached hydrogen (secondary N) is 2.